The first-order valence-electron chi connectivity index (χ1n) is 15.5. The van der Waals surface area contributed by atoms with E-state index in [1.165, 1.54) is 70.6 Å². The molecule has 9 heteroatoms. The topological polar surface area (TPSA) is 141 Å². The van der Waals surface area contributed by atoms with Crippen LogP contribution in [-0.4, -0.2) is 94.9 Å². The van der Waals surface area contributed by atoms with E-state index in [-0.39, 0.29) is 13.3 Å². The smallest absolute Gasteiger partial charge is 0.186 e. The number of hydrogen-bond acceptors (Lipinski definition) is 9. The fourth-order valence-electron chi connectivity index (χ4n) is 4.72. The maximum absolute atomic E-state index is 10.5. The number of nitrogens with one attached hydrogen (secondary N) is 1. The Hall–Kier alpha value is -0.620. The van der Waals surface area contributed by atoms with E-state index in [4.69, 9.17) is 14.2 Å². The van der Waals surface area contributed by atoms with E-state index in [1.54, 1.807) is 0 Å². The van der Waals surface area contributed by atoms with E-state index >= 15 is 0 Å². The van der Waals surface area contributed by atoms with Crippen molar-refractivity contribution < 1.29 is 39.7 Å². The van der Waals surface area contributed by atoms with Crippen LogP contribution in [0.3, 0.4) is 0 Å². The molecular formula is C30H59NO8. The fourth-order valence-corrected chi connectivity index (χ4v) is 4.72. The lowest BCUT2D eigenvalue weighted by Crippen LogP contribution is -2.59. The molecular weight excluding hydrogens is 502 g/mol. The van der Waals surface area contributed by atoms with E-state index in [9.17, 15) is 25.5 Å². The minimum atomic E-state index is -1.50. The zero-order valence-corrected chi connectivity index (χ0v) is 24.6. The Labute approximate surface area is 236 Å². The number of hydrogen-bond donors (Lipinski definition) is 6. The van der Waals surface area contributed by atoms with Crippen molar-refractivity contribution in [2.75, 3.05) is 26.6 Å². The first-order valence-corrected chi connectivity index (χ1v) is 15.5. The van der Waals surface area contributed by atoms with Gasteiger partial charge in [-0.25, -0.2) is 0 Å². The molecule has 1 saturated heterocycles. The van der Waals surface area contributed by atoms with Gasteiger partial charge in [0.1, 0.15) is 24.4 Å². The predicted molar refractivity (Wildman–Crippen MR) is 153 cm³/mol. The second-order valence-corrected chi connectivity index (χ2v) is 10.8. The van der Waals surface area contributed by atoms with Gasteiger partial charge < -0.3 is 39.7 Å². The van der Waals surface area contributed by atoms with Crippen LogP contribution in [0.2, 0.25) is 0 Å². The third-order valence-electron chi connectivity index (χ3n) is 7.34. The van der Waals surface area contributed by atoms with Crippen LogP contribution < -0.4 is 5.32 Å². The first kappa shape index (κ1) is 36.4. The highest BCUT2D eigenvalue weighted by Gasteiger charge is 2.44. The number of unbranched alkanes of at least 4 members (excludes halogenated alkanes) is 11. The van der Waals surface area contributed by atoms with Crippen LogP contribution in [-0.2, 0) is 14.2 Å². The quantitative estimate of drug-likeness (QED) is 0.0561. The normalized spacial score (nSPS) is 25.4. The van der Waals surface area contributed by atoms with Gasteiger partial charge in [-0.3, -0.25) is 5.32 Å². The predicted octanol–water partition coefficient (Wildman–Crippen LogP) is 3.54. The molecule has 7 atom stereocenters. The monoisotopic (exact) mass is 561 g/mol. The molecule has 1 heterocycles. The maximum atomic E-state index is 10.5. The van der Waals surface area contributed by atoms with Crippen LogP contribution in [0, 0.1) is 0 Å². The van der Waals surface area contributed by atoms with E-state index in [0.717, 1.165) is 19.3 Å². The molecule has 1 rings (SSSR count). The van der Waals surface area contributed by atoms with Gasteiger partial charge in [-0.15, -0.1) is 0 Å². The first-order chi connectivity index (χ1) is 19.0. The molecule has 0 saturated carbocycles. The van der Waals surface area contributed by atoms with Gasteiger partial charge in [-0.2, -0.15) is 0 Å². The molecule has 0 radical (unpaired) electrons. The van der Waals surface area contributed by atoms with Crippen molar-refractivity contribution in [3.05, 3.63) is 12.2 Å². The van der Waals surface area contributed by atoms with Gasteiger partial charge in [0.05, 0.1) is 32.1 Å². The average Bonchev–Trinajstić information content (AvgIpc) is 2.93. The fraction of sp³-hybridized carbons (Fsp3) is 0.933. The summed E-state index contributed by atoms with van der Waals surface area (Å²) in [4.78, 5) is 0. The molecule has 0 spiro atoms. The lowest BCUT2D eigenvalue weighted by Gasteiger charge is -2.40. The minimum absolute atomic E-state index is 0.000617. The highest BCUT2D eigenvalue weighted by molar-refractivity contribution is 4.89. The highest BCUT2D eigenvalue weighted by Crippen LogP contribution is 2.22. The van der Waals surface area contributed by atoms with Crippen molar-refractivity contribution in [1.29, 1.82) is 0 Å². The second-order valence-electron chi connectivity index (χ2n) is 10.8. The van der Waals surface area contributed by atoms with Crippen LogP contribution in [0.4, 0.5) is 0 Å². The van der Waals surface area contributed by atoms with Crippen LogP contribution >= 0.6 is 0 Å². The largest absolute Gasteiger partial charge is 0.394 e. The molecule has 0 aromatic carbocycles. The van der Waals surface area contributed by atoms with Crippen molar-refractivity contribution in [2.24, 2.45) is 0 Å². The zero-order valence-electron chi connectivity index (χ0n) is 24.6. The van der Waals surface area contributed by atoms with Crippen molar-refractivity contribution in [3.63, 3.8) is 0 Å². The van der Waals surface area contributed by atoms with Crippen molar-refractivity contribution >= 4 is 0 Å². The Morgan fingerprint density at radius 1 is 0.795 bits per heavy atom. The van der Waals surface area contributed by atoms with Gasteiger partial charge >= 0.3 is 0 Å². The number of allylic oxidation sites excluding steroid dienone is 2. The standard InChI is InChI=1S/C30H59NO8/c1-3-5-6-7-8-9-10-11-12-13-14-15-16-17-18-20-37-23-31-24(25(33)19-4-2)22-38-30-29(36)28(35)27(34)26(21-32)39-30/h11-12,24-36H,3-10,13-23H2,1-2H3/b12-11+/t24?,25?,26?,27-,28?,29?,30+/m0/s1. The molecule has 1 aliphatic rings. The summed E-state index contributed by atoms with van der Waals surface area (Å²) < 4.78 is 16.7. The molecule has 5 unspecified atom stereocenters. The van der Waals surface area contributed by atoms with Crippen molar-refractivity contribution in [3.8, 4) is 0 Å². The SMILES string of the molecule is CCCCCCCC/C=C/CCCCCCCOCNC(CO[C@@H]1OC(CO)[C@H](O)C(O)C1O)C(O)CCC. The molecule has 1 aliphatic heterocycles. The van der Waals surface area contributed by atoms with Gasteiger partial charge in [0.25, 0.3) is 0 Å². The Morgan fingerprint density at radius 2 is 1.41 bits per heavy atom. The van der Waals surface area contributed by atoms with E-state index in [1.807, 2.05) is 6.92 Å². The minimum Gasteiger partial charge on any atom is -0.394 e. The van der Waals surface area contributed by atoms with Gasteiger partial charge in [0, 0.05) is 6.61 Å². The second kappa shape index (κ2) is 24.0. The summed E-state index contributed by atoms with van der Waals surface area (Å²) in [5.41, 5.74) is 0. The van der Waals surface area contributed by atoms with Crippen molar-refractivity contribution in [1.82, 2.24) is 5.32 Å². The Bertz CT molecular complexity index is 579. The van der Waals surface area contributed by atoms with E-state index in [2.05, 4.69) is 24.4 Å². The lowest BCUT2D eigenvalue weighted by atomic mass is 9.99. The summed E-state index contributed by atoms with van der Waals surface area (Å²) in [6.07, 6.45) is 15.0. The Balaban J connectivity index is 2.13. The third kappa shape index (κ3) is 16.4. The summed E-state index contributed by atoms with van der Waals surface area (Å²) >= 11 is 0. The van der Waals surface area contributed by atoms with E-state index in [0.29, 0.717) is 13.0 Å². The molecule has 0 aromatic rings. The van der Waals surface area contributed by atoms with Crippen LogP contribution in [0.1, 0.15) is 110 Å². The molecule has 0 bridgehead atoms. The van der Waals surface area contributed by atoms with Gasteiger partial charge in [0.2, 0.25) is 0 Å². The van der Waals surface area contributed by atoms with Crippen LogP contribution in [0.25, 0.3) is 0 Å². The van der Waals surface area contributed by atoms with Crippen molar-refractivity contribution in [2.45, 2.75) is 153 Å². The summed E-state index contributed by atoms with van der Waals surface area (Å²) in [5, 5.41) is 53.0. The van der Waals surface area contributed by atoms with Gasteiger partial charge in [-0.1, -0.05) is 83.8 Å². The Morgan fingerprint density at radius 3 is 2.03 bits per heavy atom. The zero-order chi connectivity index (χ0) is 28.7. The third-order valence-corrected chi connectivity index (χ3v) is 7.34. The number of ether oxygens (including phenoxy) is 3. The number of aliphatic hydroxyl groups excluding tert-OH is 5. The van der Waals surface area contributed by atoms with Gasteiger partial charge in [0.15, 0.2) is 6.29 Å². The summed E-state index contributed by atoms with van der Waals surface area (Å²) in [5.74, 6) is 0. The number of rotatable bonds is 25. The van der Waals surface area contributed by atoms with Gasteiger partial charge in [-0.05, 0) is 38.5 Å². The summed E-state index contributed by atoms with van der Waals surface area (Å²) in [6, 6.07) is -0.466. The number of aliphatic hydroxyl groups is 5. The summed E-state index contributed by atoms with van der Waals surface area (Å²) in [6.45, 7) is 4.60. The molecule has 0 aliphatic carbocycles. The lowest BCUT2D eigenvalue weighted by molar-refractivity contribution is -0.303. The van der Waals surface area contributed by atoms with Crippen LogP contribution in [0.15, 0.2) is 12.2 Å². The highest BCUT2D eigenvalue weighted by atomic mass is 16.7. The molecule has 6 N–H and O–H groups in total. The molecule has 0 amide bonds. The Kier molecular flexibility index (Phi) is 22.4. The molecule has 39 heavy (non-hydrogen) atoms. The molecule has 9 nitrogen and oxygen atoms in total. The summed E-state index contributed by atoms with van der Waals surface area (Å²) in [7, 11) is 0. The molecule has 1 fully saturated rings. The van der Waals surface area contributed by atoms with Crippen LogP contribution in [0.5, 0.6) is 0 Å². The molecule has 0 aromatic heterocycles. The molecule has 232 valence electrons. The van der Waals surface area contributed by atoms with E-state index < -0.39 is 49.5 Å². The maximum Gasteiger partial charge on any atom is 0.186 e. The average molecular weight is 562 g/mol.